The van der Waals surface area contributed by atoms with Gasteiger partial charge in [-0.1, -0.05) is 12.1 Å². The van der Waals surface area contributed by atoms with E-state index in [-0.39, 0.29) is 12.3 Å². The number of nitrogens with zero attached hydrogens (tertiary/aromatic N) is 1. The quantitative estimate of drug-likeness (QED) is 0.248. The van der Waals surface area contributed by atoms with Gasteiger partial charge in [-0.15, -0.1) is 33.2 Å². The SMILES string of the molecule is O=[N+]([O-])c1ccccc1COCCC[Si](Cl)(Cl)Cl. The number of rotatable bonds is 7. The molecule has 0 heterocycles. The van der Waals surface area contributed by atoms with Crippen molar-refractivity contribution in [2.24, 2.45) is 0 Å². The third-order valence-electron chi connectivity index (χ3n) is 2.19. The third kappa shape index (κ3) is 6.02. The van der Waals surface area contributed by atoms with Crippen LogP contribution < -0.4 is 0 Å². The van der Waals surface area contributed by atoms with E-state index in [1.54, 1.807) is 18.2 Å². The Hall–Kier alpha value is -0.333. The van der Waals surface area contributed by atoms with E-state index in [9.17, 15) is 10.1 Å². The molecule has 1 rings (SSSR count). The summed E-state index contributed by atoms with van der Waals surface area (Å²) in [6, 6.07) is 4.41. The van der Waals surface area contributed by atoms with Crippen molar-refractivity contribution in [3.8, 4) is 0 Å². The number of benzene rings is 1. The van der Waals surface area contributed by atoms with Crippen molar-refractivity contribution in [3.05, 3.63) is 39.9 Å². The summed E-state index contributed by atoms with van der Waals surface area (Å²) < 4.78 is 5.35. The number of hydrogen-bond acceptors (Lipinski definition) is 3. The Labute approximate surface area is 120 Å². The van der Waals surface area contributed by atoms with Crippen molar-refractivity contribution in [1.82, 2.24) is 0 Å². The molecule has 0 aromatic heterocycles. The molecular weight excluding hydrogens is 317 g/mol. The second kappa shape index (κ2) is 7.30. The van der Waals surface area contributed by atoms with E-state index in [0.717, 1.165) is 0 Å². The lowest BCUT2D eigenvalue weighted by molar-refractivity contribution is -0.385. The summed E-state index contributed by atoms with van der Waals surface area (Å²) >= 11 is 17.2. The van der Waals surface area contributed by atoms with E-state index in [1.807, 2.05) is 0 Å². The molecular formula is C10H12Cl3NO3Si. The van der Waals surface area contributed by atoms with Crippen LogP contribution in [0.5, 0.6) is 0 Å². The molecule has 1 aromatic rings. The predicted molar refractivity (Wildman–Crippen MR) is 75.5 cm³/mol. The van der Waals surface area contributed by atoms with E-state index < -0.39 is 10.9 Å². The summed E-state index contributed by atoms with van der Waals surface area (Å²) in [6.07, 6.45) is 0.642. The smallest absolute Gasteiger partial charge is 0.341 e. The lowest BCUT2D eigenvalue weighted by atomic mass is 10.2. The molecule has 1 aromatic carbocycles. The third-order valence-corrected chi connectivity index (χ3v) is 4.82. The minimum atomic E-state index is -2.59. The zero-order valence-corrected chi connectivity index (χ0v) is 12.7. The number of halogens is 3. The molecule has 0 aliphatic heterocycles. The van der Waals surface area contributed by atoms with Crippen molar-refractivity contribution in [3.63, 3.8) is 0 Å². The first-order chi connectivity index (χ1) is 8.40. The van der Waals surface area contributed by atoms with Crippen LogP contribution in [0.1, 0.15) is 12.0 Å². The van der Waals surface area contributed by atoms with Crippen LogP contribution in [0, 0.1) is 10.1 Å². The fourth-order valence-electron chi connectivity index (χ4n) is 1.37. The van der Waals surface area contributed by atoms with Crippen LogP contribution >= 0.6 is 33.2 Å². The molecule has 0 bridgehead atoms. The Balaban J connectivity index is 2.38. The van der Waals surface area contributed by atoms with E-state index in [4.69, 9.17) is 38.0 Å². The average molecular weight is 329 g/mol. The second-order valence-corrected chi connectivity index (χ2v) is 12.9. The van der Waals surface area contributed by atoms with Gasteiger partial charge in [-0.25, -0.2) is 0 Å². The van der Waals surface area contributed by atoms with Crippen molar-refractivity contribution in [2.75, 3.05) is 6.61 Å². The van der Waals surface area contributed by atoms with Crippen LogP contribution in [-0.4, -0.2) is 17.5 Å². The van der Waals surface area contributed by atoms with Gasteiger partial charge in [0, 0.05) is 12.7 Å². The summed E-state index contributed by atoms with van der Waals surface area (Å²) in [5.41, 5.74) is 0.613. The molecule has 0 spiro atoms. The highest BCUT2D eigenvalue weighted by Gasteiger charge is 2.23. The zero-order chi connectivity index (χ0) is 13.6. The standard InChI is InChI=1S/C10H12Cl3NO3Si/c11-18(12,13)7-3-6-17-8-9-4-1-2-5-10(9)14(15)16/h1-2,4-5H,3,6-8H2. The van der Waals surface area contributed by atoms with E-state index in [1.165, 1.54) is 6.07 Å². The average Bonchev–Trinajstić information content (AvgIpc) is 2.27. The second-order valence-electron chi connectivity index (χ2n) is 3.66. The molecule has 0 radical (unpaired) electrons. The number of ether oxygens (including phenoxy) is 1. The number of hydrogen-bond donors (Lipinski definition) is 0. The lowest BCUT2D eigenvalue weighted by Gasteiger charge is -2.08. The first kappa shape index (κ1) is 15.7. The van der Waals surface area contributed by atoms with E-state index >= 15 is 0 Å². The molecule has 0 atom stereocenters. The summed E-state index contributed by atoms with van der Waals surface area (Å²) in [7, 11) is 0. The van der Waals surface area contributed by atoms with Gasteiger partial charge in [-0.3, -0.25) is 10.1 Å². The van der Waals surface area contributed by atoms with Gasteiger partial charge in [0.2, 0.25) is 0 Å². The van der Waals surface area contributed by atoms with Gasteiger partial charge in [0.15, 0.2) is 0 Å². The van der Waals surface area contributed by atoms with Crippen LogP contribution in [0.25, 0.3) is 0 Å². The first-order valence-corrected chi connectivity index (χ1v) is 10.5. The monoisotopic (exact) mass is 327 g/mol. The Morgan fingerprint density at radius 3 is 2.56 bits per heavy atom. The van der Waals surface area contributed by atoms with E-state index in [2.05, 4.69) is 0 Å². The molecule has 0 N–H and O–H groups in total. The molecule has 0 amide bonds. The van der Waals surface area contributed by atoms with Crippen LogP contribution in [0.4, 0.5) is 5.69 Å². The van der Waals surface area contributed by atoms with Crippen LogP contribution in [0.3, 0.4) is 0 Å². The Kier molecular flexibility index (Phi) is 6.38. The molecule has 4 nitrogen and oxygen atoms in total. The summed E-state index contributed by atoms with van der Waals surface area (Å²) in [5, 5.41) is 10.7. The molecule has 100 valence electrons. The molecule has 18 heavy (non-hydrogen) atoms. The number of nitro benzene ring substituents is 1. The Bertz CT molecular complexity index is 412. The molecule has 0 aliphatic carbocycles. The normalized spacial score (nSPS) is 11.5. The molecule has 0 saturated heterocycles. The molecule has 0 aliphatic rings. The van der Waals surface area contributed by atoms with Gasteiger partial charge in [0.1, 0.15) is 0 Å². The maximum atomic E-state index is 10.7. The maximum absolute atomic E-state index is 10.7. The minimum absolute atomic E-state index is 0.0632. The van der Waals surface area contributed by atoms with Gasteiger partial charge >= 0.3 is 6.00 Å². The summed E-state index contributed by atoms with van der Waals surface area (Å²) in [5.74, 6) is 0. The van der Waals surface area contributed by atoms with Crippen LogP contribution in [-0.2, 0) is 11.3 Å². The van der Waals surface area contributed by atoms with Gasteiger partial charge in [-0.05, 0) is 18.5 Å². The fraction of sp³-hybridized carbons (Fsp3) is 0.400. The van der Waals surface area contributed by atoms with Crippen molar-refractivity contribution in [1.29, 1.82) is 0 Å². The molecule has 0 unspecified atom stereocenters. The molecule has 0 fully saturated rings. The van der Waals surface area contributed by atoms with E-state index in [0.29, 0.717) is 24.6 Å². The summed E-state index contributed by atoms with van der Waals surface area (Å²) in [4.78, 5) is 10.3. The summed E-state index contributed by atoms with van der Waals surface area (Å²) in [6.45, 7) is 0.617. The minimum Gasteiger partial charge on any atom is -0.377 e. The van der Waals surface area contributed by atoms with Crippen molar-refractivity contribution < 1.29 is 9.66 Å². The van der Waals surface area contributed by atoms with Gasteiger partial charge in [0.25, 0.3) is 5.69 Å². The Morgan fingerprint density at radius 2 is 1.94 bits per heavy atom. The highest BCUT2D eigenvalue weighted by atomic mass is 35.8. The maximum Gasteiger partial charge on any atom is 0.341 e. The number of nitro groups is 1. The highest BCUT2D eigenvalue weighted by Crippen LogP contribution is 2.26. The Morgan fingerprint density at radius 1 is 1.28 bits per heavy atom. The van der Waals surface area contributed by atoms with Gasteiger partial charge in [0.05, 0.1) is 17.1 Å². The molecule has 8 heteroatoms. The topological polar surface area (TPSA) is 52.4 Å². The first-order valence-electron chi connectivity index (χ1n) is 5.27. The van der Waals surface area contributed by atoms with Crippen LogP contribution in [0.15, 0.2) is 24.3 Å². The largest absolute Gasteiger partial charge is 0.377 e. The predicted octanol–water partition coefficient (Wildman–Crippen LogP) is 4.16. The number of para-hydroxylation sites is 1. The molecule has 0 saturated carbocycles. The van der Waals surface area contributed by atoms with Gasteiger partial charge in [-0.2, -0.15) is 0 Å². The van der Waals surface area contributed by atoms with Crippen LogP contribution in [0.2, 0.25) is 6.04 Å². The van der Waals surface area contributed by atoms with Crippen molar-refractivity contribution >= 4 is 44.9 Å². The van der Waals surface area contributed by atoms with Gasteiger partial charge < -0.3 is 4.74 Å². The zero-order valence-electron chi connectivity index (χ0n) is 9.44. The lowest BCUT2D eigenvalue weighted by Crippen LogP contribution is -2.10. The van der Waals surface area contributed by atoms with Crippen molar-refractivity contribution in [2.45, 2.75) is 19.1 Å². The fourth-order valence-corrected chi connectivity index (χ4v) is 3.12. The highest BCUT2D eigenvalue weighted by molar-refractivity contribution is 7.64.